The first kappa shape index (κ1) is 15.2. The van der Waals surface area contributed by atoms with E-state index in [0.717, 1.165) is 36.8 Å². The summed E-state index contributed by atoms with van der Waals surface area (Å²) < 4.78 is 5.68. The Labute approximate surface area is 131 Å². The number of aromatic amines is 1. The van der Waals surface area contributed by atoms with E-state index in [0.29, 0.717) is 6.61 Å². The number of aromatic nitrogens is 3. The summed E-state index contributed by atoms with van der Waals surface area (Å²) in [7, 11) is 0. The molecule has 0 saturated carbocycles. The number of H-pyrrole nitrogens is 1. The Morgan fingerprint density at radius 2 is 2.09 bits per heavy atom. The number of rotatable bonds is 3. The van der Waals surface area contributed by atoms with Crippen molar-refractivity contribution in [3.63, 3.8) is 0 Å². The molecule has 0 aliphatic carbocycles. The van der Waals surface area contributed by atoms with E-state index < -0.39 is 0 Å². The second kappa shape index (κ2) is 6.18. The normalized spacial score (nSPS) is 20.2. The monoisotopic (exact) mass is 300 g/mol. The van der Waals surface area contributed by atoms with Gasteiger partial charge in [-0.25, -0.2) is 4.98 Å². The molecule has 5 heteroatoms. The molecule has 3 heterocycles. The lowest BCUT2D eigenvalue weighted by molar-refractivity contribution is -0.0246. The highest BCUT2D eigenvalue weighted by Gasteiger charge is 2.29. The predicted octanol–water partition coefficient (Wildman–Crippen LogP) is 2.89. The molecule has 1 N–H and O–H groups in total. The summed E-state index contributed by atoms with van der Waals surface area (Å²) in [5.74, 6) is 0.982. The van der Waals surface area contributed by atoms with E-state index >= 15 is 0 Å². The second-order valence-electron chi connectivity index (χ2n) is 7.04. The van der Waals surface area contributed by atoms with E-state index in [-0.39, 0.29) is 11.5 Å². The molecule has 1 saturated heterocycles. The number of hydrogen-bond acceptors (Lipinski definition) is 4. The van der Waals surface area contributed by atoms with Gasteiger partial charge >= 0.3 is 0 Å². The molecule has 2 aromatic heterocycles. The van der Waals surface area contributed by atoms with Crippen molar-refractivity contribution in [1.82, 2.24) is 19.9 Å². The van der Waals surface area contributed by atoms with Crippen LogP contribution >= 0.6 is 0 Å². The standard InChI is InChI=1S/C17H24N4O/c1-17(2,3)12-21-8-9-22-11-15(21)16-19-10-14(20-16)13-4-6-18-7-5-13/h4-7,10,15H,8-9,11-12H2,1-3H3,(H,19,20). The van der Waals surface area contributed by atoms with Crippen LogP contribution in [0.3, 0.4) is 0 Å². The van der Waals surface area contributed by atoms with Gasteiger partial charge in [-0.2, -0.15) is 0 Å². The Morgan fingerprint density at radius 1 is 1.32 bits per heavy atom. The van der Waals surface area contributed by atoms with E-state index in [1.165, 1.54) is 0 Å². The number of ether oxygens (including phenoxy) is 1. The summed E-state index contributed by atoms with van der Waals surface area (Å²) in [5.41, 5.74) is 2.39. The number of imidazole rings is 1. The van der Waals surface area contributed by atoms with E-state index in [9.17, 15) is 0 Å². The highest BCUT2D eigenvalue weighted by atomic mass is 16.5. The van der Waals surface area contributed by atoms with Crippen LogP contribution in [0.5, 0.6) is 0 Å². The van der Waals surface area contributed by atoms with Crippen LogP contribution in [0.2, 0.25) is 0 Å². The molecule has 1 aliphatic rings. The van der Waals surface area contributed by atoms with Crippen molar-refractivity contribution in [2.24, 2.45) is 5.41 Å². The molecule has 22 heavy (non-hydrogen) atoms. The Balaban J connectivity index is 1.81. The highest BCUT2D eigenvalue weighted by Crippen LogP contribution is 2.28. The van der Waals surface area contributed by atoms with Crippen LogP contribution in [-0.4, -0.2) is 46.2 Å². The first-order valence-corrected chi connectivity index (χ1v) is 7.80. The van der Waals surface area contributed by atoms with Gasteiger partial charge in [0.15, 0.2) is 0 Å². The number of pyridine rings is 1. The van der Waals surface area contributed by atoms with Gasteiger partial charge in [0, 0.05) is 31.0 Å². The number of nitrogens with one attached hydrogen (secondary N) is 1. The van der Waals surface area contributed by atoms with Crippen LogP contribution in [0.15, 0.2) is 30.7 Å². The molecule has 1 unspecified atom stereocenters. The lowest BCUT2D eigenvalue weighted by atomic mass is 9.95. The van der Waals surface area contributed by atoms with Gasteiger partial charge in [0.2, 0.25) is 0 Å². The number of nitrogens with zero attached hydrogens (tertiary/aromatic N) is 3. The molecule has 1 fully saturated rings. The third-order valence-electron chi connectivity index (χ3n) is 3.82. The van der Waals surface area contributed by atoms with E-state index in [2.05, 4.69) is 40.6 Å². The molecule has 2 aromatic rings. The van der Waals surface area contributed by atoms with Gasteiger partial charge in [0.05, 0.1) is 31.1 Å². The smallest absolute Gasteiger partial charge is 0.126 e. The summed E-state index contributed by atoms with van der Waals surface area (Å²) in [6.45, 7) is 10.3. The first-order valence-electron chi connectivity index (χ1n) is 7.80. The SMILES string of the molecule is CC(C)(C)CN1CCOCC1c1ncc(-c2ccncc2)[nH]1. The summed E-state index contributed by atoms with van der Waals surface area (Å²) in [6.07, 6.45) is 5.49. The highest BCUT2D eigenvalue weighted by molar-refractivity contribution is 5.57. The zero-order valence-electron chi connectivity index (χ0n) is 13.5. The number of morpholine rings is 1. The number of hydrogen-bond donors (Lipinski definition) is 1. The fourth-order valence-corrected chi connectivity index (χ4v) is 2.87. The molecule has 0 aromatic carbocycles. The van der Waals surface area contributed by atoms with E-state index in [1.807, 2.05) is 18.3 Å². The van der Waals surface area contributed by atoms with Crippen molar-refractivity contribution in [2.75, 3.05) is 26.3 Å². The molecule has 0 radical (unpaired) electrons. The second-order valence-corrected chi connectivity index (χ2v) is 7.04. The maximum absolute atomic E-state index is 5.68. The molecule has 1 atom stereocenters. The predicted molar refractivity (Wildman–Crippen MR) is 86.4 cm³/mol. The van der Waals surface area contributed by atoms with E-state index in [4.69, 9.17) is 4.74 Å². The fraction of sp³-hybridized carbons (Fsp3) is 0.529. The van der Waals surface area contributed by atoms with E-state index in [1.54, 1.807) is 12.4 Å². The molecule has 3 rings (SSSR count). The molecular formula is C17H24N4O. The third kappa shape index (κ3) is 3.54. The van der Waals surface area contributed by atoms with Gasteiger partial charge in [-0.15, -0.1) is 0 Å². The lowest BCUT2D eigenvalue weighted by Gasteiger charge is -2.38. The maximum atomic E-state index is 5.68. The topological polar surface area (TPSA) is 54.0 Å². The summed E-state index contributed by atoms with van der Waals surface area (Å²) in [5, 5.41) is 0. The quantitative estimate of drug-likeness (QED) is 0.947. The maximum Gasteiger partial charge on any atom is 0.126 e. The van der Waals surface area contributed by atoms with Crippen molar-refractivity contribution in [1.29, 1.82) is 0 Å². The van der Waals surface area contributed by atoms with Crippen molar-refractivity contribution >= 4 is 0 Å². The van der Waals surface area contributed by atoms with Crippen molar-refractivity contribution in [3.8, 4) is 11.3 Å². The fourth-order valence-electron chi connectivity index (χ4n) is 2.87. The van der Waals surface area contributed by atoms with Crippen LogP contribution < -0.4 is 0 Å². The average Bonchev–Trinajstić information content (AvgIpc) is 2.97. The zero-order valence-corrected chi connectivity index (χ0v) is 13.5. The minimum absolute atomic E-state index is 0.198. The summed E-state index contributed by atoms with van der Waals surface area (Å²) in [4.78, 5) is 14.6. The van der Waals surface area contributed by atoms with Gasteiger partial charge in [-0.1, -0.05) is 20.8 Å². The Kier molecular flexibility index (Phi) is 4.27. The third-order valence-corrected chi connectivity index (χ3v) is 3.82. The van der Waals surface area contributed by atoms with Gasteiger partial charge in [0.1, 0.15) is 5.82 Å². The minimum Gasteiger partial charge on any atom is -0.378 e. The molecular weight excluding hydrogens is 276 g/mol. The average molecular weight is 300 g/mol. The van der Waals surface area contributed by atoms with Crippen molar-refractivity contribution in [3.05, 3.63) is 36.5 Å². The Morgan fingerprint density at radius 3 is 2.82 bits per heavy atom. The van der Waals surface area contributed by atoms with Crippen molar-refractivity contribution < 1.29 is 4.74 Å². The van der Waals surface area contributed by atoms with Gasteiger partial charge in [0.25, 0.3) is 0 Å². The van der Waals surface area contributed by atoms with Gasteiger partial charge in [-0.05, 0) is 17.5 Å². The molecule has 0 bridgehead atoms. The molecule has 5 nitrogen and oxygen atoms in total. The minimum atomic E-state index is 0.198. The summed E-state index contributed by atoms with van der Waals surface area (Å²) in [6, 6.07) is 4.17. The Bertz CT molecular complexity index is 603. The van der Waals surface area contributed by atoms with Crippen LogP contribution in [0.4, 0.5) is 0 Å². The molecule has 0 amide bonds. The molecule has 1 aliphatic heterocycles. The van der Waals surface area contributed by atoms with Gasteiger partial charge in [-0.3, -0.25) is 9.88 Å². The van der Waals surface area contributed by atoms with Gasteiger partial charge < -0.3 is 9.72 Å². The first-order chi connectivity index (χ1) is 10.5. The zero-order chi connectivity index (χ0) is 15.6. The largest absolute Gasteiger partial charge is 0.378 e. The lowest BCUT2D eigenvalue weighted by Crippen LogP contribution is -2.44. The van der Waals surface area contributed by atoms with Crippen LogP contribution in [-0.2, 0) is 4.74 Å². The molecule has 118 valence electrons. The van der Waals surface area contributed by atoms with Crippen LogP contribution in [0.25, 0.3) is 11.3 Å². The van der Waals surface area contributed by atoms with Crippen molar-refractivity contribution in [2.45, 2.75) is 26.8 Å². The van der Waals surface area contributed by atoms with Crippen LogP contribution in [0, 0.1) is 5.41 Å². The van der Waals surface area contributed by atoms with Crippen LogP contribution in [0.1, 0.15) is 32.6 Å². The molecule has 0 spiro atoms. The Hall–Kier alpha value is -1.72. The summed E-state index contributed by atoms with van der Waals surface area (Å²) >= 11 is 0.